The van der Waals surface area contributed by atoms with Crippen LogP contribution in [0.25, 0.3) is 11.1 Å². The lowest BCUT2D eigenvalue weighted by Gasteiger charge is -2.36. The molecule has 0 N–H and O–H groups in total. The van der Waals surface area contributed by atoms with E-state index in [1.54, 1.807) is 11.1 Å². The summed E-state index contributed by atoms with van der Waals surface area (Å²) in [7, 11) is 0. The van der Waals surface area contributed by atoms with E-state index in [-0.39, 0.29) is 0 Å². The molecule has 0 nitrogen and oxygen atoms in total. The molecule has 1 unspecified atom stereocenters. The van der Waals surface area contributed by atoms with Crippen molar-refractivity contribution in [2.24, 2.45) is 5.92 Å². The second kappa shape index (κ2) is 10.1. The molecule has 196 valence electrons. The van der Waals surface area contributed by atoms with Crippen LogP contribution in [0.15, 0.2) is 114 Å². The molecule has 0 aliphatic heterocycles. The van der Waals surface area contributed by atoms with Crippen molar-refractivity contribution in [3.05, 3.63) is 153 Å². The zero-order valence-electron chi connectivity index (χ0n) is 23.6. The van der Waals surface area contributed by atoms with Gasteiger partial charge in [0, 0.05) is 5.56 Å². The molecule has 3 aliphatic rings. The van der Waals surface area contributed by atoms with E-state index in [4.69, 9.17) is 0 Å². The fourth-order valence-electron chi connectivity index (χ4n) is 6.80. The highest BCUT2D eigenvalue weighted by Gasteiger charge is 2.49. The van der Waals surface area contributed by atoms with Crippen LogP contribution in [0.1, 0.15) is 77.5 Å². The van der Waals surface area contributed by atoms with Crippen LogP contribution >= 0.6 is 0 Å². The molecule has 0 bridgehead atoms. The van der Waals surface area contributed by atoms with Gasteiger partial charge >= 0.3 is 0 Å². The smallest absolute Gasteiger partial charge is 0.0764 e. The van der Waals surface area contributed by atoms with Crippen molar-refractivity contribution in [1.82, 2.24) is 0 Å². The van der Waals surface area contributed by atoms with E-state index in [1.165, 1.54) is 83.1 Å². The Morgan fingerprint density at radius 2 is 1.35 bits per heavy atom. The van der Waals surface area contributed by atoms with Crippen molar-refractivity contribution >= 4 is 11.1 Å². The highest BCUT2D eigenvalue weighted by atomic mass is 14.5. The first-order chi connectivity index (χ1) is 19.6. The normalized spacial score (nSPS) is 19.8. The average molecular weight is 517 g/mol. The summed E-state index contributed by atoms with van der Waals surface area (Å²) in [4.78, 5) is 0. The lowest BCUT2D eigenvalue weighted by molar-refractivity contribution is 0.400. The molecule has 4 aromatic carbocycles. The molecule has 2 fully saturated rings. The molecule has 40 heavy (non-hydrogen) atoms. The Morgan fingerprint density at radius 3 is 1.98 bits per heavy atom. The quantitative estimate of drug-likeness (QED) is 0.237. The van der Waals surface area contributed by atoms with E-state index in [2.05, 4.69) is 129 Å². The molecule has 7 rings (SSSR count). The van der Waals surface area contributed by atoms with Crippen molar-refractivity contribution in [3.8, 4) is 11.8 Å². The lowest BCUT2D eigenvalue weighted by Crippen LogP contribution is -2.29. The number of hydrogen-bond donors (Lipinski definition) is 0. The van der Waals surface area contributed by atoms with E-state index in [0.717, 1.165) is 5.56 Å². The summed E-state index contributed by atoms with van der Waals surface area (Å²) in [5, 5.41) is 0. The molecule has 0 aromatic heterocycles. The number of fused-ring (bicyclic) bond motifs is 1. The first-order valence-corrected chi connectivity index (χ1v) is 14.9. The molecule has 0 amide bonds. The molecule has 0 heteroatoms. The maximum Gasteiger partial charge on any atom is 0.108 e. The third kappa shape index (κ3) is 4.08. The van der Waals surface area contributed by atoms with Crippen LogP contribution in [0.3, 0.4) is 0 Å². The fourth-order valence-corrected chi connectivity index (χ4v) is 6.80. The molecule has 0 heterocycles. The summed E-state index contributed by atoms with van der Waals surface area (Å²) in [6.45, 7) is 4.33. The van der Waals surface area contributed by atoms with Crippen molar-refractivity contribution in [2.75, 3.05) is 0 Å². The third-order valence-electron chi connectivity index (χ3n) is 9.33. The van der Waals surface area contributed by atoms with E-state index >= 15 is 0 Å². The highest BCUT2D eigenvalue weighted by Crippen LogP contribution is 2.60. The molecule has 1 atom stereocenters. The topological polar surface area (TPSA) is 0 Å². The van der Waals surface area contributed by atoms with Crippen LogP contribution in [-0.2, 0) is 5.41 Å². The van der Waals surface area contributed by atoms with Gasteiger partial charge in [-0.25, -0.2) is 0 Å². The van der Waals surface area contributed by atoms with Gasteiger partial charge in [0.2, 0.25) is 0 Å². The van der Waals surface area contributed by atoms with Gasteiger partial charge in [0.25, 0.3) is 0 Å². The van der Waals surface area contributed by atoms with Gasteiger partial charge in [0.15, 0.2) is 0 Å². The van der Waals surface area contributed by atoms with Crippen molar-refractivity contribution in [2.45, 2.75) is 57.8 Å². The molecule has 0 radical (unpaired) electrons. The van der Waals surface area contributed by atoms with Crippen molar-refractivity contribution in [1.29, 1.82) is 0 Å². The number of rotatable bonds is 4. The van der Waals surface area contributed by atoms with Gasteiger partial charge in [0.1, 0.15) is 5.41 Å². The highest BCUT2D eigenvalue weighted by molar-refractivity contribution is 6.01. The Labute approximate surface area is 239 Å². The first-order valence-electron chi connectivity index (χ1n) is 14.9. The second-order valence-corrected chi connectivity index (χ2v) is 11.9. The van der Waals surface area contributed by atoms with Crippen LogP contribution in [-0.4, -0.2) is 0 Å². The predicted octanol–water partition coefficient (Wildman–Crippen LogP) is 9.85. The van der Waals surface area contributed by atoms with Crippen LogP contribution in [0.2, 0.25) is 0 Å². The summed E-state index contributed by atoms with van der Waals surface area (Å²) in [5.41, 5.74) is 14.6. The molecular formula is C40H36. The third-order valence-corrected chi connectivity index (χ3v) is 9.33. The van der Waals surface area contributed by atoms with Gasteiger partial charge in [-0.2, -0.15) is 0 Å². The minimum atomic E-state index is -0.531. The molecule has 0 saturated heterocycles. The number of benzene rings is 4. The standard InChI is InChI=1S/C40H36/c1-28-18-22-30(23-19-28)26-27-40(34-14-4-3-5-15-34)36-17-7-6-16-35(36)38(32-12-9-13-32)39(40)37(31-10-8-11-31)33-24-20-29(2)21-25-33/h3-7,14-25,32H,8-13H2,1-2H3. The van der Waals surface area contributed by atoms with Gasteiger partial charge in [0.05, 0.1) is 0 Å². The van der Waals surface area contributed by atoms with Crippen LogP contribution in [0, 0.1) is 31.6 Å². The number of aryl methyl sites for hydroxylation is 2. The van der Waals surface area contributed by atoms with E-state index in [0.29, 0.717) is 5.92 Å². The molecule has 4 aromatic rings. The largest absolute Gasteiger partial charge is 0.108 e. The Hall–Kier alpha value is -4.08. The van der Waals surface area contributed by atoms with Crippen LogP contribution in [0.5, 0.6) is 0 Å². The van der Waals surface area contributed by atoms with Crippen molar-refractivity contribution in [3.63, 3.8) is 0 Å². The zero-order chi connectivity index (χ0) is 27.1. The summed E-state index contributed by atoms with van der Waals surface area (Å²) in [6, 6.07) is 38.3. The minimum absolute atomic E-state index is 0.531. The fraction of sp³-hybridized carbons (Fsp3) is 0.250. The average Bonchev–Trinajstić information content (AvgIpc) is 3.21. The molecule has 0 spiro atoms. The Morgan fingerprint density at radius 1 is 0.700 bits per heavy atom. The maximum absolute atomic E-state index is 4.01. The maximum atomic E-state index is 4.01. The van der Waals surface area contributed by atoms with Gasteiger partial charge < -0.3 is 0 Å². The van der Waals surface area contributed by atoms with E-state index < -0.39 is 5.41 Å². The number of allylic oxidation sites excluding steroid dienone is 4. The van der Waals surface area contributed by atoms with Gasteiger partial charge in [-0.1, -0.05) is 126 Å². The first kappa shape index (κ1) is 24.9. The number of hydrogen-bond acceptors (Lipinski definition) is 0. The Kier molecular flexibility index (Phi) is 6.32. The molecule has 3 aliphatic carbocycles. The lowest BCUT2D eigenvalue weighted by atomic mass is 9.65. The van der Waals surface area contributed by atoms with Crippen LogP contribution < -0.4 is 0 Å². The zero-order valence-corrected chi connectivity index (χ0v) is 23.6. The van der Waals surface area contributed by atoms with Gasteiger partial charge in [-0.05, 0) is 103 Å². The second-order valence-electron chi connectivity index (χ2n) is 11.9. The van der Waals surface area contributed by atoms with Gasteiger partial charge in [-0.3, -0.25) is 0 Å². The van der Waals surface area contributed by atoms with E-state index in [1.807, 2.05) is 0 Å². The van der Waals surface area contributed by atoms with Gasteiger partial charge in [-0.15, -0.1) is 0 Å². The summed E-state index contributed by atoms with van der Waals surface area (Å²) in [6.07, 6.45) is 7.47. The summed E-state index contributed by atoms with van der Waals surface area (Å²) < 4.78 is 0. The van der Waals surface area contributed by atoms with Crippen molar-refractivity contribution < 1.29 is 0 Å². The molecule has 2 saturated carbocycles. The summed E-state index contributed by atoms with van der Waals surface area (Å²) >= 11 is 0. The Balaban J connectivity index is 1.60. The summed E-state index contributed by atoms with van der Waals surface area (Å²) in [5.74, 6) is 8.30. The molecular weight excluding hydrogens is 480 g/mol. The minimum Gasteiger partial charge on any atom is -0.0764 e. The monoisotopic (exact) mass is 516 g/mol. The predicted molar refractivity (Wildman–Crippen MR) is 168 cm³/mol. The van der Waals surface area contributed by atoms with Crippen LogP contribution in [0.4, 0.5) is 0 Å². The SMILES string of the molecule is Cc1ccc(C#CC2(c3ccccc3)C(C(=C3CCC3)c3ccc(C)cc3)=C(C3CCC3)c3ccccc32)cc1. The van der Waals surface area contributed by atoms with E-state index in [9.17, 15) is 0 Å². The Bertz CT molecular complexity index is 1670.